The first-order valence-corrected chi connectivity index (χ1v) is 9.01. The molecule has 106 valence electrons. The van der Waals surface area contributed by atoms with Gasteiger partial charge in [-0.05, 0) is 37.8 Å². The fraction of sp³-hybridized carbons (Fsp3) is 0.500. The number of sulfonamides is 1. The Bertz CT molecular complexity index is 571. The van der Waals surface area contributed by atoms with Gasteiger partial charge in [0, 0.05) is 10.0 Å². The molecular formula is C12H14BrCl2NO2S. The van der Waals surface area contributed by atoms with Crippen LogP contribution in [0.4, 0.5) is 0 Å². The first-order valence-electron chi connectivity index (χ1n) is 5.98. The Kier molecular flexibility index (Phi) is 4.53. The van der Waals surface area contributed by atoms with Crippen molar-refractivity contribution in [1.82, 2.24) is 4.72 Å². The van der Waals surface area contributed by atoms with Crippen molar-refractivity contribution in [2.45, 2.75) is 43.0 Å². The Balaban J connectivity index is 2.40. The van der Waals surface area contributed by atoms with E-state index in [1.54, 1.807) is 0 Å². The monoisotopic (exact) mass is 385 g/mol. The summed E-state index contributed by atoms with van der Waals surface area (Å²) in [6.45, 7) is 1.98. The minimum Gasteiger partial charge on any atom is -0.207 e. The third-order valence-corrected chi connectivity index (χ3v) is 6.53. The van der Waals surface area contributed by atoms with E-state index < -0.39 is 10.0 Å². The fourth-order valence-corrected chi connectivity index (χ4v) is 5.72. The normalized spacial score (nSPS) is 18.1. The van der Waals surface area contributed by atoms with Crippen LogP contribution in [0.25, 0.3) is 0 Å². The molecule has 1 aromatic carbocycles. The van der Waals surface area contributed by atoms with Gasteiger partial charge in [0.2, 0.25) is 10.0 Å². The molecule has 0 unspecified atom stereocenters. The summed E-state index contributed by atoms with van der Waals surface area (Å²) in [7, 11) is -3.70. The van der Waals surface area contributed by atoms with Crippen LogP contribution < -0.4 is 4.72 Å². The average molecular weight is 387 g/mol. The van der Waals surface area contributed by atoms with E-state index >= 15 is 0 Å². The minimum atomic E-state index is -3.70. The van der Waals surface area contributed by atoms with Gasteiger partial charge < -0.3 is 0 Å². The Labute approximate surface area is 131 Å². The first-order chi connectivity index (χ1) is 8.80. The quantitative estimate of drug-likeness (QED) is 0.835. The summed E-state index contributed by atoms with van der Waals surface area (Å²) in [4.78, 5) is -0.0428. The highest BCUT2D eigenvalue weighted by Gasteiger charge is 2.40. The maximum Gasteiger partial charge on any atom is 0.244 e. The predicted octanol–water partition coefficient (Wildman–Crippen LogP) is 4.37. The molecule has 3 nitrogen and oxygen atoms in total. The standard InChI is InChI=1S/C12H14BrCl2NO2S/c1-2-12(4-3-5-12)16-19(17,18)11-9(14)6-8(13)7-10(11)15/h6-7,16H,2-5H2,1H3. The van der Waals surface area contributed by atoms with Crippen molar-refractivity contribution in [3.63, 3.8) is 0 Å². The molecule has 1 saturated carbocycles. The third kappa shape index (κ3) is 3.10. The zero-order chi connectivity index (χ0) is 14.3. The van der Waals surface area contributed by atoms with Crippen LogP contribution in [0.1, 0.15) is 32.6 Å². The van der Waals surface area contributed by atoms with Gasteiger partial charge in [0.1, 0.15) is 4.90 Å². The number of hydrogen-bond donors (Lipinski definition) is 1. The van der Waals surface area contributed by atoms with Crippen LogP contribution in [0.15, 0.2) is 21.5 Å². The molecule has 0 amide bonds. The third-order valence-electron chi connectivity index (χ3n) is 3.57. The van der Waals surface area contributed by atoms with Crippen molar-refractivity contribution in [2.75, 3.05) is 0 Å². The summed E-state index contributed by atoms with van der Waals surface area (Å²) < 4.78 is 28.3. The number of nitrogens with one attached hydrogen (secondary N) is 1. The van der Waals surface area contributed by atoms with E-state index in [-0.39, 0.29) is 20.5 Å². The molecule has 1 aromatic rings. The summed E-state index contributed by atoms with van der Waals surface area (Å²) in [5.74, 6) is 0. The van der Waals surface area contributed by atoms with Crippen LogP contribution in [0, 0.1) is 0 Å². The van der Waals surface area contributed by atoms with Crippen LogP contribution in [0.5, 0.6) is 0 Å². The molecule has 1 N–H and O–H groups in total. The van der Waals surface area contributed by atoms with Crippen molar-refractivity contribution in [3.05, 3.63) is 26.7 Å². The summed E-state index contributed by atoms with van der Waals surface area (Å²) in [5, 5.41) is 0.245. The van der Waals surface area contributed by atoms with Gasteiger partial charge in [-0.3, -0.25) is 0 Å². The lowest BCUT2D eigenvalue weighted by Crippen LogP contribution is -2.52. The van der Waals surface area contributed by atoms with Gasteiger partial charge in [0.15, 0.2) is 0 Å². The lowest BCUT2D eigenvalue weighted by atomic mass is 9.76. The second kappa shape index (κ2) is 5.53. The first kappa shape index (κ1) is 15.6. The maximum atomic E-state index is 12.5. The van der Waals surface area contributed by atoms with Gasteiger partial charge in [-0.2, -0.15) is 0 Å². The van der Waals surface area contributed by atoms with E-state index in [1.165, 1.54) is 12.1 Å². The van der Waals surface area contributed by atoms with Crippen molar-refractivity contribution >= 4 is 49.2 Å². The molecule has 0 atom stereocenters. The molecule has 0 aliphatic heterocycles. The predicted molar refractivity (Wildman–Crippen MR) is 81.4 cm³/mol. The number of halogens is 3. The van der Waals surface area contributed by atoms with Gasteiger partial charge in [0.05, 0.1) is 10.0 Å². The van der Waals surface area contributed by atoms with Crippen molar-refractivity contribution in [1.29, 1.82) is 0 Å². The fourth-order valence-electron chi connectivity index (χ4n) is 2.25. The van der Waals surface area contributed by atoms with Gasteiger partial charge >= 0.3 is 0 Å². The molecule has 1 aliphatic rings. The molecule has 0 heterocycles. The Hall–Kier alpha value is 0.190. The molecule has 0 saturated heterocycles. The largest absolute Gasteiger partial charge is 0.244 e. The van der Waals surface area contributed by atoms with E-state index in [2.05, 4.69) is 20.7 Å². The van der Waals surface area contributed by atoms with E-state index in [1.807, 2.05) is 6.92 Å². The minimum absolute atomic E-state index is 0.0428. The molecule has 0 spiro atoms. The van der Waals surface area contributed by atoms with Crippen LogP contribution in [-0.2, 0) is 10.0 Å². The topological polar surface area (TPSA) is 46.2 Å². The van der Waals surface area contributed by atoms with Gasteiger partial charge in [-0.15, -0.1) is 0 Å². The highest BCUT2D eigenvalue weighted by Crippen LogP contribution is 2.38. The molecule has 2 rings (SSSR count). The molecule has 0 radical (unpaired) electrons. The van der Waals surface area contributed by atoms with Crippen molar-refractivity contribution < 1.29 is 8.42 Å². The summed E-state index contributed by atoms with van der Waals surface area (Å²) in [6, 6.07) is 3.06. The number of benzene rings is 1. The number of rotatable bonds is 4. The molecule has 1 fully saturated rings. The van der Waals surface area contributed by atoms with Crippen LogP contribution in [0.3, 0.4) is 0 Å². The summed E-state index contributed by atoms with van der Waals surface area (Å²) in [5.41, 5.74) is -0.335. The van der Waals surface area contributed by atoms with Crippen LogP contribution in [0.2, 0.25) is 10.0 Å². The molecule has 0 bridgehead atoms. The number of hydrogen-bond acceptors (Lipinski definition) is 2. The van der Waals surface area contributed by atoms with Gasteiger partial charge in [-0.1, -0.05) is 46.1 Å². The second-order valence-electron chi connectivity index (χ2n) is 4.79. The Morgan fingerprint density at radius 2 is 1.84 bits per heavy atom. The molecule has 19 heavy (non-hydrogen) atoms. The molecule has 0 aromatic heterocycles. The van der Waals surface area contributed by atoms with Crippen LogP contribution in [-0.4, -0.2) is 14.0 Å². The summed E-state index contributed by atoms with van der Waals surface area (Å²) >= 11 is 15.3. The smallest absolute Gasteiger partial charge is 0.207 e. The van der Waals surface area contributed by atoms with Gasteiger partial charge in [-0.25, -0.2) is 13.1 Å². The zero-order valence-corrected chi connectivity index (χ0v) is 14.3. The lowest BCUT2D eigenvalue weighted by molar-refractivity contribution is 0.214. The maximum absolute atomic E-state index is 12.5. The lowest BCUT2D eigenvalue weighted by Gasteiger charge is -2.41. The zero-order valence-electron chi connectivity index (χ0n) is 10.3. The van der Waals surface area contributed by atoms with Gasteiger partial charge in [0.25, 0.3) is 0 Å². The van der Waals surface area contributed by atoms with Crippen molar-refractivity contribution in [3.8, 4) is 0 Å². The molecular weight excluding hydrogens is 373 g/mol. The van der Waals surface area contributed by atoms with E-state index in [4.69, 9.17) is 23.2 Å². The van der Waals surface area contributed by atoms with E-state index in [9.17, 15) is 8.42 Å². The SMILES string of the molecule is CCC1(NS(=O)(=O)c2c(Cl)cc(Br)cc2Cl)CCC1. The highest BCUT2D eigenvalue weighted by molar-refractivity contribution is 9.10. The Morgan fingerprint density at radius 1 is 1.32 bits per heavy atom. The average Bonchev–Trinajstić information content (AvgIpc) is 2.21. The molecule has 1 aliphatic carbocycles. The highest BCUT2D eigenvalue weighted by atomic mass is 79.9. The van der Waals surface area contributed by atoms with Crippen LogP contribution >= 0.6 is 39.1 Å². The molecule has 7 heteroatoms. The van der Waals surface area contributed by atoms with Crippen molar-refractivity contribution in [2.24, 2.45) is 0 Å². The van der Waals surface area contributed by atoms with E-state index in [0.29, 0.717) is 4.47 Å². The van der Waals surface area contributed by atoms with E-state index in [0.717, 1.165) is 25.7 Å². The second-order valence-corrected chi connectivity index (χ2v) is 8.14. The Morgan fingerprint density at radius 3 is 2.21 bits per heavy atom. The summed E-state index contributed by atoms with van der Waals surface area (Å²) in [6.07, 6.45) is 3.51.